The number of fused-ring (bicyclic) bond motifs is 1. The van der Waals surface area contributed by atoms with Crippen molar-refractivity contribution in [3.05, 3.63) is 24.2 Å². The molecule has 0 aromatic carbocycles. The molecule has 0 radical (unpaired) electrons. The number of nitrogens with one attached hydrogen (secondary N) is 1. The highest BCUT2D eigenvalue weighted by atomic mass is 16.4. The standard InChI is InChI=1S/C14H18N4O2/c1-10-8-11-12(15-6-7-18(11)17-10)16-9-14(13(19)20)4-2-3-5-14/h6-8H,2-5,9H2,1H3,(H,15,16)(H,19,20). The SMILES string of the molecule is Cc1cc2c(NCC3(C(=O)O)CCCC3)nccn2n1. The van der Waals surface area contributed by atoms with Crippen molar-refractivity contribution in [3.63, 3.8) is 0 Å². The lowest BCUT2D eigenvalue weighted by atomic mass is 9.86. The van der Waals surface area contributed by atoms with Gasteiger partial charge in [0.05, 0.1) is 11.1 Å². The second-order valence-electron chi connectivity index (χ2n) is 5.54. The van der Waals surface area contributed by atoms with E-state index in [0.717, 1.165) is 36.9 Å². The fourth-order valence-corrected chi connectivity index (χ4v) is 2.95. The van der Waals surface area contributed by atoms with Crippen LogP contribution < -0.4 is 5.32 Å². The number of carboxylic acids is 1. The number of carboxylic acid groups (broad SMARTS) is 1. The predicted octanol–water partition coefficient (Wildman–Crippen LogP) is 2.09. The molecule has 1 aliphatic rings. The summed E-state index contributed by atoms with van der Waals surface area (Å²) in [4.78, 5) is 15.8. The van der Waals surface area contributed by atoms with E-state index in [2.05, 4.69) is 15.4 Å². The Morgan fingerprint density at radius 1 is 1.50 bits per heavy atom. The third-order valence-corrected chi connectivity index (χ3v) is 4.12. The summed E-state index contributed by atoms with van der Waals surface area (Å²) < 4.78 is 1.76. The highest BCUT2D eigenvalue weighted by Crippen LogP contribution is 2.38. The maximum absolute atomic E-state index is 11.5. The number of carbonyl (C=O) groups is 1. The molecule has 2 N–H and O–H groups in total. The van der Waals surface area contributed by atoms with Crippen molar-refractivity contribution in [2.75, 3.05) is 11.9 Å². The van der Waals surface area contributed by atoms with Crippen LogP contribution in [0.4, 0.5) is 5.82 Å². The van der Waals surface area contributed by atoms with Gasteiger partial charge in [-0.1, -0.05) is 12.8 Å². The molecule has 6 nitrogen and oxygen atoms in total. The molecule has 2 aromatic heterocycles. The lowest BCUT2D eigenvalue weighted by Gasteiger charge is -2.24. The Morgan fingerprint density at radius 3 is 2.95 bits per heavy atom. The van der Waals surface area contributed by atoms with Gasteiger partial charge in [0.2, 0.25) is 0 Å². The number of hydrogen-bond acceptors (Lipinski definition) is 4. The van der Waals surface area contributed by atoms with E-state index in [-0.39, 0.29) is 0 Å². The molecule has 0 aliphatic heterocycles. The van der Waals surface area contributed by atoms with E-state index in [1.807, 2.05) is 13.0 Å². The van der Waals surface area contributed by atoms with Gasteiger partial charge in [-0.05, 0) is 25.8 Å². The Hall–Kier alpha value is -2.11. The lowest BCUT2D eigenvalue weighted by Crippen LogP contribution is -2.35. The van der Waals surface area contributed by atoms with Gasteiger partial charge < -0.3 is 10.4 Å². The van der Waals surface area contributed by atoms with E-state index in [1.165, 1.54) is 0 Å². The van der Waals surface area contributed by atoms with Crippen molar-refractivity contribution >= 4 is 17.3 Å². The van der Waals surface area contributed by atoms with Gasteiger partial charge in [0.25, 0.3) is 0 Å². The summed E-state index contributed by atoms with van der Waals surface area (Å²) in [6.07, 6.45) is 6.89. The van der Waals surface area contributed by atoms with Crippen LogP contribution in [0.15, 0.2) is 18.5 Å². The quantitative estimate of drug-likeness (QED) is 0.892. The molecule has 0 amide bonds. The summed E-state index contributed by atoms with van der Waals surface area (Å²) in [7, 11) is 0. The van der Waals surface area contributed by atoms with Gasteiger partial charge in [-0.2, -0.15) is 5.10 Å². The zero-order valence-electron chi connectivity index (χ0n) is 11.5. The summed E-state index contributed by atoms with van der Waals surface area (Å²) in [5.41, 5.74) is 1.14. The molecule has 0 spiro atoms. The number of aryl methyl sites for hydroxylation is 1. The molecule has 1 fully saturated rings. The Morgan fingerprint density at radius 2 is 2.25 bits per heavy atom. The predicted molar refractivity (Wildman–Crippen MR) is 74.8 cm³/mol. The minimum Gasteiger partial charge on any atom is -0.481 e. The monoisotopic (exact) mass is 274 g/mol. The Kier molecular flexibility index (Phi) is 3.08. The summed E-state index contributed by atoms with van der Waals surface area (Å²) in [6.45, 7) is 2.34. The van der Waals surface area contributed by atoms with Crippen LogP contribution in [0.1, 0.15) is 31.4 Å². The molecule has 2 heterocycles. The van der Waals surface area contributed by atoms with E-state index in [0.29, 0.717) is 12.4 Å². The van der Waals surface area contributed by atoms with Crippen molar-refractivity contribution in [3.8, 4) is 0 Å². The molecule has 1 aliphatic carbocycles. The average molecular weight is 274 g/mol. The van der Waals surface area contributed by atoms with Crippen molar-refractivity contribution < 1.29 is 9.90 Å². The van der Waals surface area contributed by atoms with E-state index in [1.54, 1.807) is 16.9 Å². The van der Waals surface area contributed by atoms with Crippen LogP contribution in [0.5, 0.6) is 0 Å². The average Bonchev–Trinajstić information content (AvgIpc) is 3.02. The van der Waals surface area contributed by atoms with Crippen LogP contribution in [-0.2, 0) is 4.79 Å². The first-order chi connectivity index (χ1) is 9.61. The lowest BCUT2D eigenvalue weighted by molar-refractivity contribution is -0.147. The Balaban J connectivity index is 1.84. The van der Waals surface area contributed by atoms with Crippen LogP contribution in [-0.4, -0.2) is 32.2 Å². The Labute approximate surface area is 116 Å². The second kappa shape index (κ2) is 4.77. The molecule has 3 rings (SSSR count). The smallest absolute Gasteiger partial charge is 0.311 e. The fourth-order valence-electron chi connectivity index (χ4n) is 2.95. The Bertz CT molecular complexity index is 644. The molecule has 2 aromatic rings. The first-order valence-electron chi connectivity index (χ1n) is 6.89. The third kappa shape index (κ3) is 2.11. The van der Waals surface area contributed by atoms with Crippen LogP contribution in [0.2, 0.25) is 0 Å². The van der Waals surface area contributed by atoms with Crippen molar-refractivity contribution in [1.82, 2.24) is 14.6 Å². The molecule has 106 valence electrons. The molecule has 6 heteroatoms. The third-order valence-electron chi connectivity index (χ3n) is 4.12. The highest BCUT2D eigenvalue weighted by Gasteiger charge is 2.41. The number of aliphatic carboxylic acids is 1. The summed E-state index contributed by atoms with van der Waals surface area (Å²) in [6, 6.07) is 1.94. The molecule has 1 saturated carbocycles. The maximum atomic E-state index is 11.5. The van der Waals surface area contributed by atoms with Gasteiger partial charge in [0, 0.05) is 18.9 Å². The molecule has 0 atom stereocenters. The normalized spacial score (nSPS) is 17.4. The fraction of sp³-hybridized carbons (Fsp3) is 0.500. The van der Waals surface area contributed by atoms with Gasteiger partial charge in [0.1, 0.15) is 5.52 Å². The molecular weight excluding hydrogens is 256 g/mol. The zero-order valence-corrected chi connectivity index (χ0v) is 11.5. The zero-order chi connectivity index (χ0) is 14.2. The molecule has 20 heavy (non-hydrogen) atoms. The first kappa shape index (κ1) is 12.9. The molecule has 0 bridgehead atoms. The molecule has 0 saturated heterocycles. The van der Waals surface area contributed by atoms with E-state index >= 15 is 0 Å². The molecule has 0 unspecified atom stereocenters. The van der Waals surface area contributed by atoms with Crippen LogP contribution >= 0.6 is 0 Å². The topological polar surface area (TPSA) is 79.5 Å². The van der Waals surface area contributed by atoms with Gasteiger partial charge in [-0.25, -0.2) is 9.50 Å². The van der Waals surface area contributed by atoms with Crippen LogP contribution in [0.25, 0.3) is 5.52 Å². The number of rotatable bonds is 4. The van der Waals surface area contributed by atoms with Crippen LogP contribution in [0.3, 0.4) is 0 Å². The van der Waals surface area contributed by atoms with Gasteiger partial charge >= 0.3 is 5.97 Å². The summed E-state index contributed by atoms with van der Waals surface area (Å²) in [5, 5.41) is 17.0. The van der Waals surface area contributed by atoms with Gasteiger partial charge in [0.15, 0.2) is 5.82 Å². The van der Waals surface area contributed by atoms with Crippen LogP contribution in [0, 0.1) is 12.3 Å². The first-order valence-corrected chi connectivity index (χ1v) is 6.89. The summed E-state index contributed by atoms with van der Waals surface area (Å²) >= 11 is 0. The number of hydrogen-bond donors (Lipinski definition) is 2. The number of aromatic nitrogens is 3. The van der Waals surface area contributed by atoms with E-state index in [9.17, 15) is 9.90 Å². The minimum atomic E-state index is -0.709. The largest absolute Gasteiger partial charge is 0.481 e. The van der Waals surface area contributed by atoms with E-state index in [4.69, 9.17) is 0 Å². The number of nitrogens with zero attached hydrogens (tertiary/aromatic N) is 3. The maximum Gasteiger partial charge on any atom is 0.311 e. The van der Waals surface area contributed by atoms with Crippen molar-refractivity contribution in [2.45, 2.75) is 32.6 Å². The van der Waals surface area contributed by atoms with E-state index < -0.39 is 11.4 Å². The highest BCUT2D eigenvalue weighted by molar-refractivity contribution is 5.76. The van der Waals surface area contributed by atoms with Gasteiger partial charge in [-0.3, -0.25) is 4.79 Å². The number of anilines is 1. The molecular formula is C14H18N4O2. The summed E-state index contributed by atoms with van der Waals surface area (Å²) in [5.74, 6) is -0.0141. The van der Waals surface area contributed by atoms with Gasteiger partial charge in [-0.15, -0.1) is 0 Å². The van der Waals surface area contributed by atoms with Crippen molar-refractivity contribution in [1.29, 1.82) is 0 Å². The second-order valence-corrected chi connectivity index (χ2v) is 5.54. The van der Waals surface area contributed by atoms with Crippen molar-refractivity contribution in [2.24, 2.45) is 5.41 Å². The minimum absolute atomic E-state index is 0.416.